The molecule has 0 fully saturated rings. The molecule has 3 nitrogen and oxygen atoms in total. The first-order valence-electron chi connectivity index (χ1n) is 7.62. The Hall–Kier alpha value is -2.81. The van der Waals surface area contributed by atoms with Crippen molar-refractivity contribution >= 4 is 11.6 Å². The highest BCUT2D eigenvalue weighted by molar-refractivity contribution is 6.10. The Morgan fingerprint density at radius 2 is 1.70 bits per heavy atom. The molecule has 1 atom stereocenters. The lowest BCUT2D eigenvalue weighted by molar-refractivity contribution is -0.115. The number of aliphatic hydroxyl groups excluding tert-OH is 1. The molecule has 1 heterocycles. The van der Waals surface area contributed by atoms with Crippen molar-refractivity contribution in [2.45, 2.75) is 19.9 Å². The van der Waals surface area contributed by atoms with Crippen LogP contribution in [0, 0.1) is 6.92 Å². The van der Waals surface area contributed by atoms with E-state index < -0.39 is 0 Å². The van der Waals surface area contributed by atoms with Gasteiger partial charge in [0.15, 0.2) is 0 Å². The lowest BCUT2D eigenvalue weighted by atomic mass is 9.96. The molecule has 0 spiro atoms. The van der Waals surface area contributed by atoms with Crippen LogP contribution in [0.2, 0.25) is 0 Å². The first-order chi connectivity index (χ1) is 11.1. The maximum atomic E-state index is 13.0. The first kappa shape index (κ1) is 15.1. The SMILES string of the molecule is C/C(O)=C1\C=CC(c2ccccc2)N(c2ccccc2C)C1=O. The molecule has 0 aliphatic carbocycles. The second-order valence-electron chi connectivity index (χ2n) is 5.68. The maximum Gasteiger partial charge on any atom is 0.262 e. The van der Waals surface area contributed by atoms with Gasteiger partial charge in [0.1, 0.15) is 5.76 Å². The molecule has 0 radical (unpaired) electrons. The van der Waals surface area contributed by atoms with Crippen LogP contribution in [0.15, 0.2) is 78.1 Å². The van der Waals surface area contributed by atoms with Crippen LogP contribution in [0.1, 0.15) is 24.1 Å². The van der Waals surface area contributed by atoms with Gasteiger partial charge in [-0.3, -0.25) is 9.69 Å². The van der Waals surface area contributed by atoms with Gasteiger partial charge in [0.2, 0.25) is 0 Å². The molecule has 1 aliphatic heterocycles. The Kier molecular flexibility index (Phi) is 4.02. The van der Waals surface area contributed by atoms with Crippen molar-refractivity contribution in [3.63, 3.8) is 0 Å². The van der Waals surface area contributed by atoms with Crippen molar-refractivity contribution in [3.05, 3.63) is 89.2 Å². The lowest BCUT2D eigenvalue weighted by Gasteiger charge is -2.34. The Morgan fingerprint density at radius 1 is 1.04 bits per heavy atom. The number of hydrogen-bond acceptors (Lipinski definition) is 2. The number of amides is 1. The number of nitrogens with zero attached hydrogens (tertiary/aromatic N) is 1. The molecular weight excluding hydrogens is 286 g/mol. The number of benzene rings is 2. The fraction of sp³-hybridized carbons (Fsp3) is 0.150. The quantitative estimate of drug-likeness (QED) is 0.657. The average Bonchev–Trinajstić information content (AvgIpc) is 2.56. The van der Waals surface area contributed by atoms with Gasteiger partial charge in [-0.25, -0.2) is 0 Å². The highest BCUT2D eigenvalue weighted by Crippen LogP contribution is 2.35. The minimum Gasteiger partial charge on any atom is -0.512 e. The summed E-state index contributed by atoms with van der Waals surface area (Å²) in [4.78, 5) is 14.7. The van der Waals surface area contributed by atoms with E-state index in [2.05, 4.69) is 0 Å². The zero-order valence-electron chi connectivity index (χ0n) is 13.2. The van der Waals surface area contributed by atoms with E-state index in [0.29, 0.717) is 5.57 Å². The summed E-state index contributed by atoms with van der Waals surface area (Å²) in [5, 5.41) is 9.82. The molecule has 1 unspecified atom stereocenters. The second kappa shape index (κ2) is 6.13. The summed E-state index contributed by atoms with van der Waals surface area (Å²) >= 11 is 0. The number of para-hydroxylation sites is 1. The zero-order chi connectivity index (χ0) is 16.4. The maximum absolute atomic E-state index is 13.0. The molecule has 0 saturated carbocycles. The van der Waals surface area contributed by atoms with Gasteiger partial charge in [-0.2, -0.15) is 0 Å². The first-order valence-corrected chi connectivity index (χ1v) is 7.62. The molecular formula is C20H19NO2. The van der Waals surface area contributed by atoms with E-state index >= 15 is 0 Å². The van der Waals surface area contributed by atoms with E-state index in [9.17, 15) is 9.90 Å². The summed E-state index contributed by atoms with van der Waals surface area (Å²) in [6.45, 7) is 3.52. The molecule has 0 saturated heterocycles. The second-order valence-corrected chi connectivity index (χ2v) is 5.68. The third-order valence-corrected chi connectivity index (χ3v) is 4.08. The monoisotopic (exact) mass is 305 g/mol. The van der Waals surface area contributed by atoms with Gasteiger partial charge in [-0.05, 0) is 37.1 Å². The fourth-order valence-corrected chi connectivity index (χ4v) is 2.88. The topological polar surface area (TPSA) is 40.5 Å². The van der Waals surface area contributed by atoms with Crippen LogP contribution in [0.25, 0.3) is 0 Å². The van der Waals surface area contributed by atoms with Crippen LogP contribution < -0.4 is 4.90 Å². The average molecular weight is 305 g/mol. The normalized spacial score (nSPS) is 19.8. The predicted molar refractivity (Wildman–Crippen MR) is 92.3 cm³/mol. The smallest absolute Gasteiger partial charge is 0.262 e. The molecule has 23 heavy (non-hydrogen) atoms. The van der Waals surface area contributed by atoms with Crippen LogP contribution in [0.4, 0.5) is 5.69 Å². The minimum atomic E-state index is -0.187. The van der Waals surface area contributed by atoms with E-state index in [-0.39, 0.29) is 17.7 Å². The highest BCUT2D eigenvalue weighted by Gasteiger charge is 2.31. The zero-order valence-corrected chi connectivity index (χ0v) is 13.2. The number of carbonyl (C=O) groups excluding carboxylic acids is 1. The summed E-state index contributed by atoms with van der Waals surface area (Å²) in [6, 6.07) is 17.5. The summed E-state index contributed by atoms with van der Waals surface area (Å²) in [5.41, 5.74) is 3.25. The Labute approximate surface area is 136 Å². The number of hydrogen-bond donors (Lipinski definition) is 1. The number of carbonyl (C=O) groups is 1. The standard InChI is InChI=1S/C20H19NO2/c1-14-8-6-7-11-18(14)21-19(16-9-4-3-5-10-16)13-12-17(15(2)22)20(21)23/h3-13,19,22H,1-2H3/b17-15-. The summed E-state index contributed by atoms with van der Waals surface area (Å²) in [5.74, 6) is -0.146. The van der Waals surface area contributed by atoms with Crippen LogP contribution in [-0.4, -0.2) is 11.0 Å². The minimum absolute atomic E-state index is 0.0383. The van der Waals surface area contributed by atoms with Crippen LogP contribution in [0.5, 0.6) is 0 Å². The van der Waals surface area contributed by atoms with Gasteiger partial charge in [0.05, 0.1) is 11.6 Å². The van der Waals surface area contributed by atoms with Gasteiger partial charge < -0.3 is 5.11 Å². The third kappa shape index (κ3) is 2.78. The molecule has 3 heteroatoms. The van der Waals surface area contributed by atoms with Gasteiger partial charge in [0.25, 0.3) is 5.91 Å². The van der Waals surface area contributed by atoms with Crippen molar-refractivity contribution in [1.82, 2.24) is 0 Å². The molecule has 1 N–H and O–H groups in total. The number of anilines is 1. The van der Waals surface area contributed by atoms with Crippen LogP contribution in [0.3, 0.4) is 0 Å². The van der Waals surface area contributed by atoms with E-state index in [0.717, 1.165) is 16.8 Å². The third-order valence-electron chi connectivity index (χ3n) is 4.08. The molecule has 2 aromatic carbocycles. The summed E-state index contributed by atoms with van der Waals surface area (Å²) < 4.78 is 0. The molecule has 0 aromatic heterocycles. The van der Waals surface area contributed by atoms with E-state index in [1.165, 1.54) is 6.92 Å². The Balaban J connectivity index is 2.18. The predicted octanol–water partition coefficient (Wildman–Crippen LogP) is 4.47. The molecule has 1 aliphatic rings. The van der Waals surface area contributed by atoms with Crippen molar-refractivity contribution in [2.24, 2.45) is 0 Å². The Bertz CT molecular complexity index is 786. The van der Waals surface area contributed by atoms with E-state index in [4.69, 9.17) is 0 Å². The van der Waals surface area contributed by atoms with Gasteiger partial charge in [0, 0.05) is 5.69 Å². The molecule has 0 bridgehead atoms. The summed E-state index contributed by atoms with van der Waals surface area (Å²) in [7, 11) is 0. The molecule has 1 amide bonds. The van der Waals surface area contributed by atoms with Gasteiger partial charge in [-0.1, -0.05) is 54.6 Å². The molecule has 116 valence electrons. The van der Waals surface area contributed by atoms with E-state index in [1.54, 1.807) is 11.0 Å². The molecule has 2 aromatic rings. The van der Waals surface area contributed by atoms with Crippen LogP contribution in [-0.2, 0) is 4.79 Å². The number of aryl methyl sites for hydroxylation is 1. The number of aliphatic hydroxyl groups is 1. The Morgan fingerprint density at radius 3 is 2.35 bits per heavy atom. The lowest BCUT2D eigenvalue weighted by Crippen LogP contribution is -2.38. The largest absolute Gasteiger partial charge is 0.512 e. The van der Waals surface area contributed by atoms with Crippen molar-refractivity contribution < 1.29 is 9.90 Å². The van der Waals surface area contributed by atoms with Crippen molar-refractivity contribution in [2.75, 3.05) is 4.90 Å². The van der Waals surface area contributed by atoms with E-state index in [1.807, 2.05) is 67.6 Å². The van der Waals surface area contributed by atoms with Crippen molar-refractivity contribution in [1.29, 1.82) is 0 Å². The summed E-state index contributed by atoms with van der Waals surface area (Å²) in [6.07, 6.45) is 3.67. The number of rotatable bonds is 2. The fourth-order valence-electron chi connectivity index (χ4n) is 2.88. The van der Waals surface area contributed by atoms with Gasteiger partial charge in [-0.15, -0.1) is 0 Å². The van der Waals surface area contributed by atoms with Crippen LogP contribution >= 0.6 is 0 Å². The number of allylic oxidation sites excluding steroid dienone is 1. The highest BCUT2D eigenvalue weighted by atomic mass is 16.3. The van der Waals surface area contributed by atoms with Crippen molar-refractivity contribution in [3.8, 4) is 0 Å². The van der Waals surface area contributed by atoms with Gasteiger partial charge >= 0.3 is 0 Å². The molecule has 3 rings (SSSR count).